The topological polar surface area (TPSA) is 72.5 Å². The van der Waals surface area contributed by atoms with Gasteiger partial charge in [0.1, 0.15) is 16.7 Å². The normalized spacial score (nSPS) is 15.3. The molecule has 0 radical (unpaired) electrons. The highest BCUT2D eigenvalue weighted by Crippen LogP contribution is 2.43. The van der Waals surface area contributed by atoms with Crippen LogP contribution in [0.3, 0.4) is 0 Å². The van der Waals surface area contributed by atoms with E-state index in [4.69, 9.17) is 16.6 Å². The first-order chi connectivity index (χ1) is 16.9. The average Bonchev–Trinajstić information content (AvgIpc) is 2.82. The van der Waals surface area contributed by atoms with Crippen molar-refractivity contribution in [2.45, 2.75) is 43.1 Å². The van der Waals surface area contributed by atoms with Gasteiger partial charge in [-0.05, 0) is 49.7 Å². The standard InChI is InChI=1S/C25H28ClF2N5OS/c1-3-9-29-10-11-30-19-13-21-20(32-24(19)35-22-8-7-16(27)12-18(22)28)14-31-25(34)33(21)23-15(2)5-4-6-17(23)26/h4-8,12-13,25,29-31,34H,3,9-11,14H2,1-2H3. The Morgan fingerprint density at radius 3 is 2.77 bits per heavy atom. The van der Waals surface area contributed by atoms with Gasteiger partial charge in [0.05, 0.1) is 27.8 Å². The minimum atomic E-state index is -1.00. The Kier molecular flexibility index (Phi) is 8.46. The van der Waals surface area contributed by atoms with Gasteiger partial charge < -0.3 is 15.7 Å². The summed E-state index contributed by atoms with van der Waals surface area (Å²) in [5.41, 5.74) is 3.63. The highest BCUT2D eigenvalue weighted by molar-refractivity contribution is 7.99. The van der Waals surface area contributed by atoms with Crippen molar-refractivity contribution in [2.24, 2.45) is 0 Å². The molecule has 6 nitrogen and oxygen atoms in total. The molecule has 0 bridgehead atoms. The molecule has 1 aliphatic heterocycles. The molecule has 0 amide bonds. The van der Waals surface area contributed by atoms with Gasteiger partial charge in [0.2, 0.25) is 0 Å². The van der Waals surface area contributed by atoms with Crippen molar-refractivity contribution in [1.82, 2.24) is 15.6 Å². The van der Waals surface area contributed by atoms with E-state index in [1.54, 1.807) is 11.0 Å². The molecule has 4 rings (SSSR count). The Hall–Kier alpha value is -2.43. The molecule has 0 fully saturated rings. The number of pyridine rings is 1. The number of fused-ring (bicyclic) bond motifs is 1. The van der Waals surface area contributed by atoms with Crippen molar-refractivity contribution < 1.29 is 13.9 Å². The molecule has 3 aromatic rings. The number of hydrogen-bond acceptors (Lipinski definition) is 7. The van der Waals surface area contributed by atoms with E-state index in [1.807, 2.05) is 25.1 Å². The Bertz CT molecular complexity index is 1180. The Labute approximate surface area is 213 Å². The lowest BCUT2D eigenvalue weighted by atomic mass is 10.1. The van der Waals surface area contributed by atoms with E-state index < -0.39 is 18.0 Å². The molecular weight excluding hydrogens is 492 g/mol. The fourth-order valence-corrected chi connectivity index (χ4v) is 5.11. The molecule has 0 aliphatic carbocycles. The molecule has 0 spiro atoms. The maximum Gasteiger partial charge on any atom is 0.188 e. The van der Waals surface area contributed by atoms with E-state index in [1.165, 1.54) is 12.1 Å². The monoisotopic (exact) mass is 519 g/mol. The van der Waals surface area contributed by atoms with Gasteiger partial charge in [0, 0.05) is 30.6 Å². The lowest BCUT2D eigenvalue weighted by Gasteiger charge is -2.37. The summed E-state index contributed by atoms with van der Waals surface area (Å²) in [7, 11) is 0. The number of nitrogens with one attached hydrogen (secondary N) is 3. The minimum absolute atomic E-state index is 0.272. The summed E-state index contributed by atoms with van der Waals surface area (Å²) >= 11 is 7.66. The summed E-state index contributed by atoms with van der Waals surface area (Å²) in [4.78, 5) is 6.81. The minimum Gasteiger partial charge on any atom is -0.382 e. The van der Waals surface area contributed by atoms with Crippen LogP contribution in [0.4, 0.5) is 25.8 Å². The van der Waals surface area contributed by atoms with Gasteiger partial charge in [-0.2, -0.15) is 0 Å². The number of anilines is 3. The second-order valence-corrected chi connectivity index (χ2v) is 9.63. The van der Waals surface area contributed by atoms with E-state index in [0.29, 0.717) is 45.9 Å². The molecular formula is C25H28ClF2N5OS. The first-order valence-corrected chi connectivity index (χ1v) is 12.7. The van der Waals surface area contributed by atoms with Crippen molar-refractivity contribution in [3.05, 3.63) is 70.4 Å². The van der Waals surface area contributed by atoms with Crippen LogP contribution in [0.5, 0.6) is 0 Å². The molecule has 2 aromatic carbocycles. The molecule has 0 saturated carbocycles. The first kappa shape index (κ1) is 25.7. The van der Waals surface area contributed by atoms with Crippen LogP contribution in [0.1, 0.15) is 24.6 Å². The molecule has 2 heterocycles. The third-order valence-corrected chi connectivity index (χ3v) is 6.93. The third-order valence-electron chi connectivity index (χ3n) is 5.57. The van der Waals surface area contributed by atoms with E-state index in [0.717, 1.165) is 42.9 Å². The number of aryl methyl sites for hydroxylation is 1. The fourth-order valence-electron chi connectivity index (χ4n) is 3.90. The van der Waals surface area contributed by atoms with Gasteiger partial charge in [-0.1, -0.05) is 42.4 Å². The van der Waals surface area contributed by atoms with E-state index in [-0.39, 0.29) is 4.90 Å². The van der Waals surface area contributed by atoms with Gasteiger partial charge in [0.25, 0.3) is 0 Å². The van der Waals surface area contributed by atoms with Crippen molar-refractivity contribution in [1.29, 1.82) is 0 Å². The lowest BCUT2D eigenvalue weighted by Crippen LogP contribution is -2.47. The van der Waals surface area contributed by atoms with Crippen LogP contribution in [-0.4, -0.2) is 36.1 Å². The van der Waals surface area contributed by atoms with Crippen LogP contribution in [0.2, 0.25) is 5.02 Å². The number of hydrogen-bond donors (Lipinski definition) is 4. The van der Waals surface area contributed by atoms with Gasteiger partial charge >= 0.3 is 0 Å². The molecule has 10 heteroatoms. The smallest absolute Gasteiger partial charge is 0.188 e. The maximum atomic E-state index is 14.4. The SMILES string of the molecule is CCCNCCNc1cc2c(nc1Sc1ccc(F)cc1F)CNC(O)N2c1c(C)cccc1Cl. The van der Waals surface area contributed by atoms with Crippen LogP contribution in [0.15, 0.2) is 52.4 Å². The number of aromatic nitrogens is 1. The number of aliphatic hydroxyl groups excluding tert-OH is 1. The van der Waals surface area contributed by atoms with Crippen molar-refractivity contribution >= 4 is 40.4 Å². The summed E-state index contributed by atoms with van der Waals surface area (Å²) in [5.74, 6) is -1.28. The molecule has 1 atom stereocenters. The van der Waals surface area contributed by atoms with Crippen LogP contribution < -0.4 is 20.9 Å². The molecule has 4 N–H and O–H groups in total. The van der Waals surface area contributed by atoms with Gasteiger partial charge in [-0.25, -0.2) is 13.8 Å². The second kappa shape index (κ2) is 11.5. The number of aliphatic hydroxyl groups is 1. The molecule has 186 valence electrons. The van der Waals surface area contributed by atoms with Crippen molar-refractivity contribution in [3.63, 3.8) is 0 Å². The quantitative estimate of drug-likeness (QED) is 0.282. The molecule has 1 unspecified atom stereocenters. The molecule has 0 saturated heterocycles. The van der Waals surface area contributed by atoms with Crippen molar-refractivity contribution in [2.75, 3.05) is 29.9 Å². The summed E-state index contributed by atoms with van der Waals surface area (Å²) in [6, 6.07) is 11.0. The summed E-state index contributed by atoms with van der Waals surface area (Å²) in [5, 5.41) is 21.7. The third kappa shape index (κ3) is 5.87. The number of nitrogens with zero attached hydrogens (tertiary/aromatic N) is 2. The van der Waals surface area contributed by atoms with Crippen molar-refractivity contribution in [3.8, 4) is 0 Å². The molecule has 1 aromatic heterocycles. The van der Waals surface area contributed by atoms with Crippen LogP contribution >= 0.6 is 23.4 Å². The fraction of sp³-hybridized carbons (Fsp3) is 0.320. The maximum absolute atomic E-state index is 14.4. The number of benzene rings is 2. The largest absolute Gasteiger partial charge is 0.382 e. The zero-order valence-electron chi connectivity index (χ0n) is 19.5. The molecule has 1 aliphatic rings. The Balaban J connectivity index is 1.75. The second-order valence-electron chi connectivity index (χ2n) is 8.19. The zero-order valence-corrected chi connectivity index (χ0v) is 21.1. The van der Waals surface area contributed by atoms with E-state index >= 15 is 0 Å². The lowest BCUT2D eigenvalue weighted by molar-refractivity contribution is 0.134. The highest BCUT2D eigenvalue weighted by Gasteiger charge is 2.30. The van der Waals surface area contributed by atoms with Crippen LogP contribution in [0.25, 0.3) is 0 Å². The van der Waals surface area contributed by atoms with Gasteiger partial charge in [-0.15, -0.1) is 0 Å². The zero-order chi connectivity index (χ0) is 24.9. The number of para-hydroxylation sites is 1. The predicted octanol–water partition coefficient (Wildman–Crippen LogP) is 5.40. The van der Waals surface area contributed by atoms with Crippen LogP contribution in [0, 0.1) is 18.6 Å². The van der Waals surface area contributed by atoms with E-state index in [9.17, 15) is 13.9 Å². The van der Waals surface area contributed by atoms with Gasteiger partial charge in [-0.3, -0.25) is 10.2 Å². The predicted molar refractivity (Wildman–Crippen MR) is 138 cm³/mol. The first-order valence-electron chi connectivity index (χ1n) is 11.5. The molecule has 35 heavy (non-hydrogen) atoms. The summed E-state index contributed by atoms with van der Waals surface area (Å²) in [6.45, 7) is 6.60. The van der Waals surface area contributed by atoms with Crippen LogP contribution in [-0.2, 0) is 6.54 Å². The van der Waals surface area contributed by atoms with Gasteiger partial charge in [0.15, 0.2) is 6.35 Å². The Morgan fingerprint density at radius 2 is 2.03 bits per heavy atom. The Morgan fingerprint density at radius 1 is 1.20 bits per heavy atom. The highest BCUT2D eigenvalue weighted by atomic mass is 35.5. The van der Waals surface area contributed by atoms with E-state index in [2.05, 4.69) is 22.9 Å². The number of rotatable bonds is 9. The summed E-state index contributed by atoms with van der Waals surface area (Å²) < 4.78 is 27.9. The average molecular weight is 520 g/mol. The summed E-state index contributed by atoms with van der Waals surface area (Å²) in [6.07, 6.45) is 0.0255. The number of halogens is 3.